The molecule has 0 spiro atoms. The van der Waals surface area contributed by atoms with Crippen LogP contribution in [0.3, 0.4) is 0 Å². The summed E-state index contributed by atoms with van der Waals surface area (Å²) in [4.78, 5) is 14.9. The topological polar surface area (TPSA) is 50.2 Å². The van der Waals surface area contributed by atoms with Crippen LogP contribution in [0.4, 0.5) is 4.39 Å². The molecule has 0 unspecified atom stereocenters. The number of carboxylic acid groups (broad SMARTS) is 1. The molecule has 0 amide bonds. The maximum absolute atomic E-state index is 13.8. The van der Waals surface area contributed by atoms with Crippen molar-refractivity contribution in [2.24, 2.45) is 0 Å². The number of pyridine rings is 1. The highest BCUT2D eigenvalue weighted by atomic mass is 19.1. The first-order valence-electron chi connectivity index (χ1n) is 6.04. The van der Waals surface area contributed by atoms with E-state index in [1.807, 2.05) is 0 Å². The second-order valence-electron chi connectivity index (χ2n) is 4.35. The van der Waals surface area contributed by atoms with E-state index < -0.39 is 11.9 Å². The van der Waals surface area contributed by atoms with Crippen LogP contribution in [0.1, 0.15) is 10.4 Å². The molecule has 0 saturated carbocycles. The van der Waals surface area contributed by atoms with Crippen LogP contribution in [0.15, 0.2) is 54.7 Å². The summed E-state index contributed by atoms with van der Waals surface area (Å²) in [5.41, 5.74) is 1.20. The number of rotatable bonds is 2. The van der Waals surface area contributed by atoms with Gasteiger partial charge in [0.25, 0.3) is 0 Å². The van der Waals surface area contributed by atoms with E-state index in [2.05, 4.69) is 4.98 Å². The lowest BCUT2D eigenvalue weighted by atomic mass is 9.96. The summed E-state index contributed by atoms with van der Waals surface area (Å²) in [6.07, 6.45) is 1.38. The molecule has 3 aromatic rings. The standard InChI is InChI=1S/C16H10FNO2/c17-15-13(6-3-9-18-15)12-7-8-14(16(19)20)11-5-2-1-4-10(11)12/h1-9H,(H,19,20). The number of carboxylic acids is 1. The van der Waals surface area contributed by atoms with Gasteiger partial charge < -0.3 is 5.11 Å². The molecule has 0 aliphatic carbocycles. The fourth-order valence-electron chi connectivity index (χ4n) is 2.31. The molecule has 1 N–H and O–H groups in total. The minimum Gasteiger partial charge on any atom is -0.478 e. The second-order valence-corrected chi connectivity index (χ2v) is 4.35. The molecule has 0 saturated heterocycles. The van der Waals surface area contributed by atoms with Crippen molar-refractivity contribution >= 4 is 16.7 Å². The van der Waals surface area contributed by atoms with Gasteiger partial charge in [-0.1, -0.05) is 30.3 Å². The van der Waals surface area contributed by atoms with Gasteiger partial charge >= 0.3 is 5.97 Å². The van der Waals surface area contributed by atoms with Crippen molar-refractivity contribution in [3.05, 3.63) is 66.2 Å². The maximum Gasteiger partial charge on any atom is 0.336 e. The van der Waals surface area contributed by atoms with Gasteiger partial charge in [-0.2, -0.15) is 4.39 Å². The summed E-state index contributed by atoms with van der Waals surface area (Å²) < 4.78 is 13.8. The molecule has 1 heterocycles. The maximum atomic E-state index is 13.8. The first-order valence-corrected chi connectivity index (χ1v) is 6.04. The van der Waals surface area contributed by atoms with Crippen LogP contribution in [0.2, 0.25) is 0 Å². The molecule has 0 aliphatic heterocycles. The summed E-state index contributed by atoms with van der Waals surface area (Å²) in [7, 11) is 0. The highest BCUT2D eigenvalue weighted by molar-refractivity contribution is 6.08. The van der Waals surface area contributed by atoms with Crippen molar-refractivity contribution in [2.45, 2.75) is 0 Å². The zero-order valence-electron chi connectivity index (χ0n) is 10.4. The van der Waals surface area contributed by atoms with Gasteiger partial charge in [0.05, 0.1) is 5.56 Å². The predicted molar refractivity (Wildman–Crippen MR) is 74.1 cm³/mol. The number of halogens is 1. The fourth-order valence-corrected chi connectivity index (χ4v) is 2.31. The molecule has 20 heavy (non-hydrogen) atoms. The van der Waals surface area contributed by atoms with Crippen LogP contribution in [0.25, 0.3) is 21.9 Å². The Bertz CT molecular complexity index is 814. The first-order chi connectivity index (χ1) is 9.68. The summed E-state index contributed by atoms with van der Waals surface area (Å²) >= 11 is 0. The van der Waals surface area contributed by atoms with Crippen LogP contribution >= 0.6 is 0 Å². The second kappa shape index (κ2) is 4.74. The number of aromatic nitrogens is 1. The quantitative estimate of drug-likeness (QED) is 0.719. The van der Waals surface area contributed by atoms with Crippen molar-refractivity contribution in [3.63, 3.8) is 0 Å². The van der Waals surface area contributed by atoms with Crippen LogP contribution in [-0.4, -0.2) is 16.1 Å². The average Bonchev–Trinajstić information content (AvgIpc) is 2.46. The molecule has 0 fully saturated rings. The van der Waals surface area contributed by atoms with E-state index >= 15 is 0 Å². The predicted octanol–water partition coefficient (Wildman–Crippen LogP) is 3.74. The molecule has 0 bridgehead atoms. The molecule has 0 aliphatic rings. The normalized spacial score (nSPS) is 10.7. The van der Waals surface area contributed by atoms with Crippen LogP contribution in [0.5, 0.6) is 0 Å². The summed E-state index contributed by atoms with van der Waals surface area (Å²) in [6, 6.07) is 13.4. The molecule has 3 nitrogen and oxygen atoms in total. The Labute approximate surface area is 114 Å². The third-order valence-corrected chi connectivity index (χ3v) is 3.20. The third-order valence-electron chi connectivity index (χ3n) is 3.20. The van der Waals surface area contributed by atoms with Crippen LogP contribution in [-0.2, 0) is 0 Å². The number of hydrogen-bond donors (Lipinski definition) is 1. The molecular formula is C16H10FNO2. The van der Waals surface area contributed by atoms with Gasteiger partial charge in [0, 0.05) is 11.8 Å². The van der Waals surface area contributed by atoms with Gasteiger partial charge in [0.1, 0.15) is 0 Å². The van der Waals surface area contributed by atoms with E-state index in [-0.39, 0.29) is 5.56 Å². The highest BCUT2D eigenvalue weighted by Gasteiger charge is 2.14. The molecule has 3 rings (SSSR count). The lowest BCUT2D eigenvalue weighted by molar-refractivity contribution is 0.0699. The summed E-state index contributed by atoms with van der Waals surface area (Å²) in [5, 5.41) is 10.5. The van der Waals surface area contributed by atoms with Gasteiger partial charge in [0.15, 0.2) is 0 Å². The zero-order valence-corrected chi connectivity index (χ0v) is 10.4. The van der Waals surface area contributed by atoms with E-state index in [0.717, 1.165) is 0 Å². The molecular weight excluding hydrogens is 257 g/mol. The van der Waals surface area contributed by atoms with Gasteiger partial charge in [-0.15, -0.1) is 0 Å². The molecule has 2 aromatic carbocycles. The molecule has 0 radical (unpaired) electrons. The van der Waals surface area contributed by atoms with Gasteiger partial charge in [0.2, 0.25) is 5.95 Å². The Balaban J connectivity index is 2.37. The van der Waals surface area contributed by atoms with E-state index in [1.54, 1.807) is 42.5 Å². The smallest absolute Gasteiger partial charge is 0.336 e. The van der Waals surface area contributed by atoms with Crippen molar-refractivity contribution in [2.75, 3.05) is 0 Å². The molecule has 98 valence electrons. The molecule has 4 heteroatoms. The van der Waals surface area contributed by atoms with Crippen LogP contribution in [0, 0.1) is 5.95 Å². The number of benzene rings is 2. The van der Waals surface area contributed by atoms with E-state index in [1.165, 1.54) is 12.3 Å². The van der Waals surface area contributed by atoms with Crippen molar-refractivity contribution in [1.29, 1.82) is 0 Å². The number of carbonyl (C=O) groups is 1. The highest BCUT2D eigenvalue weighted by Crippen LogP contribution is 2.31. The van der Waals surface area contributed by atoms with Gasteiger partial charge in [-0.05, 0) is 34.5 Å². The number of fused-ring (bicyclic) bond motifs is 1. The molecule has 1 aromatic heterocycles. The number of nitrogens with zero attached hydrogens (tertiary/aromatic N) is 1. The SMILES string of the molecule is O=C(O)c1ccc(-c2cccnc2F)c2ccccc12. The van der Waals surface area contributed by atoms with Crippen LogP contribution < -0.4 is 0 Å². The minimum absolute atomic E-state index is 0.202. The first kappa shape index (κ1) is 12.3. The van der Waals surface area contributed by atoms with Crippen molar-refractivity contribution in [3.8, 4) is 11.1 Å². The Morgan fingerprint density at radius 3 is 2.40 bits per heavy atom. The Morgan fingerprint density at radius 1 is 0.950 bits per heavy atom. The van der Waals surface area contributed by atoms with E-state index in [4.69, 9.17) is 0 Å². The van der Waals surface area contributed by atoms with Crippen molar-refractivity contribution in [1.82, 2.24) is 4.98 Å². The summed E-state index contributed by atoms with van der Waals surface area (Å²) in [6.45, 7) is 0. The average molecular weight is 267 g/mol. The minimum atomic E-state index is -1.00. The fraction of sp³-hybridized carbons (Fsp3) is 0. The Kier molecular flexibility index (Phi) is 2.91. The molecule has 0 atom stereocenters. The van der Waals surface area contributed by atoms with E-state index in [0.29, 0.717) is 21.9 Å². The monoisotopic (exact) mass is 267 g/mol. The lowest BCUT2D eigenvalue weighted by Crippen LogP contribution is -1.98. The largest absolute Gasteiger partial charge is 0.478 e. The number of aromatic carboxylic acids is 1. The Morgan fingerprint density at radius 2 is 1.70 bits per heavy atom. The lowest BCUT2D eigenvalue weighted by Gasteiger charge is -2.09. The van der Waals surface area contributed by atoms with Crippen molar-refractivity contribution < 1.29 is 14.3 Å². The zero-order chi connectivity index (χ0) is 14.1. The number of hydrogen-bond acceptors (Lipinski definition) is 2. The Hall–Kier alpha value is -2.75. The van der Waals surface area contributed by atoms with Gasteiger partial charge in [-0.25, -0.2) is 9.78 Å². The van der Waals surface area contributed by atoms with Gasteiger partial charge in [-0.3, -0.25) is 0 Å². The summed E-state index contributed by atoms with van der Waals surface area (Å²) in [5.74, 6) is -1.57. The third kappa shape index (κ3) is 1.91. The van der Waals surface area contributed by atoms with E-state index in [9.17, 15) is 14.3 Å².